The van der Waals surface area contributed by atoms with Crippen LogP contribution in [0.25, 0.3) is 0 Å². The Morgan fingerprint density at radius 2 is 2.35 bits per heavy atom. The standard InChI is InChI=1S/C14H22N2S/c1-16(10-12-5-3-7-17-12)14-6-2-4-11-8-15-9-13(11)14/h3,5,7,11,13-15H,2,4,6,8-10H2,1H3/t11-,13-,14+/m0/s1. The van der Waals surface area contributed by atoms with Crippen molar-refractivity contribution in [3.63, 3.8) is 0 Å². The highest BCUT2D eigenvalue weighted by atomic mass is 32.1. The van der Waals surface area contributed by atoms with E-state index < -0.39 is 0 Å². The fourth-order valence-electron chi connectivity index (χ4n) is 3.64. The molecule has 2 nitrogen and oxygen atoms in total. The Balaban J connectivity index is 1.66. The van der Waals surface area contributed by atoms with Crippen LogP contribution in [0.15, 0.2) is 17.5 Å². The fraction of sp³-hybridized carbons (Fsp3) is 0.714. The lowest BCUT2D eigenvalue weighted by atomic mass is 9.77. The maximum atomic E-state index is 3.58. The third-order valence-electron chi connectivity index (χ3n) is 4.51. The summed E-state index contributed by atoms with van der Waals surface area (Å²) in [5.74, 6) is 1.84. The zero-order valence-electron chi connectivity index (χ0n) is 10.6. The van der Waals surface area contributed by atoms with Gasteiger partial charge in [0.05, 0.1) is 0 Å². The smallest absolute Gasteiger partial charge is 0.0327 e. The monoisotopic (exact) mass is 250 g/mol. The largest absolute Gasteiger partial charge is 0.316 e. The minimum Gasteiger partial charge on any atom is -0.316 e. The molecule has 0 radical (unpaired) electrons. The lowest BCUT2D eigenvalue weighted by molar-refractivity contribution is 0.107. The van der Waals surface area contributed by atoms with Crippen LogP contribution in [-0.4, -0.2) is 31.1 Å². The number of fused-ring (bicyclic) bond motifs is 1. The van der Waals surface area contributed by atoms with E-state index in [2.05, 4.69) is 34.8 Å². The number of hydrogen-bond acceptors (Lipinski definition) is 3. The van der Waals surface area contributed by atoms with Gasteiger partial charge in [0.15, 0.2) is 0 Å². The second-order valence-corrected chi connectivity index (χ2v) is 6.61. The molecule has 0 bridgehead atoms. The van der Waals surface area contributed by atoms with Crippen LogP contribution in [0.3, 0.4) is 0 Å². The molecule has 1 aromatic heterocycles. The molecule has 1 N–H and O–H groups in total. The van der Waals surface area contributed by atoms with E-state index in [1.165, 1.54) is 37.2 Å². The molecule has 3 atom stereocenters. The summed E-state index contributed by atoms with van der Waals surface area (Å²) in [4.78, 5) is 4.09. The molecular formula is C14H22N2S. The SMILES string of the molecule is CN(Cc1cccs1)[C@@H]1CCC[C@H]2CNC[C@@H]21. The van der Waals surface area contributed by atoms with Gasteiger partial charge >= 0.3 is 0 Å². The van der Waals surface area contributed by atoms with Gasteiger partial charge in [0.25, 0.3) is 0 Å². The zero-order chi connectivity index (χ0) is 11.7. The normalized spacial score (nSPS) is 32.9. The number of rotatable bonds is 3. The van der Waals surface area contributed by atoms with Crippen molar-refractivity contribution in [2.45, 2.75) is 31.8 Å². The van der Waals surface area contributed by atoms with Crippen LogP contribution < -0.4 is 5.32 Å². The predicted octanol–water partition coefficient (Wildman–Crippen LogP) is 2.57. The van der Waals surface area contributed by atoms with Crippen molar-refractivity contribution in [1.29, 1.82) is 0 Å². The second kappa shape index (κ2) is 5.09. The number of nitrogens with zero attached hydrogens (tertiary/aromatic N) is 1. The molecule has 3 heteroatoms. The van der Waals surface area contributed by atoms with Crippen molar-refractivity contribution in [3.8, 4) is 0 Å². The van der Waals surface area contributed by atoms with Crippen LogP contribution in [0, 0.1) is 11.8 Å². The van der Waals surface area contributed by atoms with Crippen molar-refractivity contribution in [2.75, 3.05) is 20.1 Å². The summed E-state index contributed by atoms with van der Waals surface area (Å²) in [7, 11) is 2.31. The molecule has 1 aliphatic carbocycles. The zero-order valence-corrected chi connectivity index (χ0v) is 11.4. The topological polar surface area (TPSA) is 15.3 Å². The molecule has 0 unspecified atom stereocenters. The van der Waals surface area contributed by atoms with E-state index in [-0.39, 0.29) is 0 Å². The minimum absolute atomic E-state index is 0.797. The van der Waals surface area contributed by atoms with Gasteiger partial charge < -0.3 is 5.32 Å². The molecule has 17 heavy (non-hydrogen) atoms. The van der Waals surface area contributed by atoms with Gasteiger partial charge in [0.2, 0.25) is 0 Å². The van der Waals surface area contributed by atoms with E-state index in [0.717, 1.165) is 24.4 Å². The summed E-state index contributed by atoms with van der Waals surface area (Å²) in [5.41, 5.74) is 0. The van der Waals surface area contributed by atoms with Gasteiger partial charge in [-0.25, -0.2) is 0 Å². The summed E-state index contributed by atoms with van der Waals surface area (Å²) in [5, 5.41) is 5.77. The summed E-state index contributed by atoms with van der Waals surface area (Å²) in [6, 6.07) is 5.22. The van der Waals surface area contributed by atoms with E-state index in [0.29, 0.717) is 0 Å². The van der Waals surface area contributed by atoms with Gasteiger partial charge in [0.1, 0.15) is 0 Å². The molecule has 1 saturated heterocycles. The van der Waals surface area contributed by atoms with Crippen LogP contribution >= 0.6 is 11.3 Å². The van der Waals surface area contributed by atoms with Crippen LogP contribution in [0.5, 0.6) is 0 Å². The molecule has 1 saturated carbocycles. The van der Waals surface area contributed by atoms with E-state index in [9.17, 15) is 0 Å². The summed E-state index contributed by atoms with van der Waals surface area (Å²) < 4.78 is 0. The maximum absolute atomic E-state index is 3.58. The molecule has 0 aromatic carbocycles. The van der Waals surface area contributed by atoms with Crippen molar-refractivity contribution >= 4 is 11.3 Å². The average Bonchev–Trinajstić information content (AvgIpc) is 2.97. The van der Waals surface area contributed by atoms with Gasteiger partial charge in [-0.05, 0) is 56.3 Å². The van der Waals surface area contributed by atoms with E-state index in [1.54, 1.807) is 0 Å². The van der Waals surface area contributed by atoms with Gasteiger partial charge in [-0.2, -0.15) is 0 Å². The Kier molecular flexibility index (Phi) is 3.50. The second-order valence-electron chi connectivity index (χ2n) is 5.57. The summed E-state index contributed by atoms with van der Waals surface area (Å²) >= 11 is 1.88. The summed E-state index contributed by atoms with van der Waals surface area (Å²) in [6.45, 7) is 3.63. The number of thiophene rings is 1. The lowest BCUT2D eigenvalue weighted by Gasteiger charge is -2.39. The van der Waals surface area contributed by atoms with E-state index in [4.69, 9.17) is 0 Å². The molecule has 94 valence electrons. The first kappa shape index (κ1) is 11.7. The van der Waals surface area contributed by atoms with Crippen molar-refractivity contribution in [3.05, 3.63) is 22.4 Å². The highest BCUT2D eigenvalue weighted by molar-refractivity contribution is 7.09. The third-order valence-corrected chi connectivity index (χ3v) is 5.37. The van der Waals surface area contributed by atoms with Crippen LogP contribution in [0.4, 0.5) is 0 Å². The fourth-order valence-corrected chi connectivity index (χ4v) is 4.40. The van der Waals surface area contributed by atoms with E-state index >= 15 is 0 Å². The highest BCUT2D eigenvalue weighted by Gasteiger charge is 2.38. The molecule has 1 aromatic rings. The van der Waals surface area contributed by atoms with Gasteiger partial charge in [-0.1, -0.05) is 12.5 Å². The quantitative estimate of drug-likeness (QED) is 0.887. The number of hydrogen-bond donors (Lipinski definition) is 1. The first-order chi connectivity index (χ1) is 8.34. The molecule has 2 aliphatic rings. The van der Waals surface area contributed by atoms with Crippen molar-refractivity contribution < 1.29 is 0 Å². The molecule has 0 spiro atoms. The van der Waals surface area contributed by atoms with Crippen LogP contribution in [0.1, 0.15) is 24.1 Å². The molecule has 2 fully saturated rings. The molecule has 3 rings (SSSR count). The summed E-state index contributed by atoms with van der Waals surface area (Å²) in [6.07, 6.45) is 4.26. The predicted molar refractivity (Wildman–Crippen MR) is 73.3 cm³/mol. The molecule has 0 amide bonds. The third kappa shape index (κ3) is 2.42. The lowest BCUT2D eigenvalue weighted by Crippen LogP contribution is -2.43. The molecule has 2 heterocycles. The Labute approximate surface area is 108 Å². The molecule has 1 aliphatic heterocycles. The van der Waals surface area contributed by atoms with Gasteiger partial charge in [-0.15, -0.1) is 11.3 Å². The Hall–Kier alpha value is -0.380. The average molecular weight is 250 g/mol. The Morgan fingerprint density at radius 3 is 3.18 bits per heavy atom. The first-order valence-corrected chi connectivity index (χ1v) is 7.66. The van der Waals surface area contributed by atoms with Crippen LogP contribution in [-0.2, 0) is 6.54 Å². The maximum Gasteiger partial charge on any atom is 0.0327 e. The highest BCUT2D eigenvalue weighted by Crippen LogP contribution is 2.35. The van der Waals surface area contributed by atoms with E-state index in [1.807, 2.05) is 11.3 Å². The van der Waals surface area contributed by atoms with Gasteiger partial charge in [-0.3, -0.25) is 4.90 Å². The van der Waals surface area contributed by atoms with Crippen LogP contribution in [0.2, 0.25) is 0 Å². The first-order valence-electron chi connectivity index (χ1n) is 6.78. The molecular weight excluding hydrogens is 228 g/mol. The van der Waals surface area contributed by atoms with Crippen molar-refractivity contribution in [2.24, 2.45) is 11.8 Å². The number of nitrogens with one attached hydrogen (secondary N) is 1. The van der Waals surface area contributed by atoms with Crippen molar-refractivity contribution in [1.82, 2.24) is 10.2 Å². The Bertz CT molecular complexity index is 349. The Morgan fingerprint density at radius 1 is 1.41 bits per heavy atom. The van der Waals surface area contributed by atoms with Gasteiger partial charge in [0, 0.05) is 17.5 Å². The minimum atomic E-state index is 0.797.